The summed E-state index contributed by atoms with van der Waals surface area (Å²) < 4.78 is 1.32. The quantitative estimate of drug-likeness (QED) is 0.713. The minimum Gasteiger partial charge on any atom is -0.508 e. The fraction of sp³-hybridized carbons (Fsp3) is 0.200. The number of hydrogen-bond acceptors (Lipinski definition) is 4. The lowest BCUT2D eigenvalue weighted by Crippen LogP contribution is -2.28. The van der Waals surface area contributed by atoms with Crippen LogP contribution in [0, 0.1) is 0 Å². The first-order valence-electron chi connectivity index (χ1n) is 4.55. The Hall–Kier alpha value is -1.88. The highest BCUT2D eigenvalue weighted by molar-refractivity contribution is 5.78. The fourth-order valence-corrected chi connectivity index (χ4v) is 1.41. The summed E-state index contributed by atoms with van der Waals surface area (Å²) in [6.07, 6.45) is 0.976. The van der Waals surface area contributed by atoms with Gasteiger partial charge < -0.3 is 10.8 Å². The molecule has 0 aliphatic rings. The molecule has 0 radical (unpaired) electrons. The van der Waals surface area contributed by atoms with Gasteiger partial charge in [0.25, 0.3) is 5.56 Å². The van der Waals surface area contributed by atoms with Crippen LogP contribution in [0.4, 0.5) is 0 Å². The highest BCUT2D eigenvalue weighted by atomic mass is 16.3. The van der Waals surface area contributed by atoms with Gasteiger partial charge in [0, 0.05) is 0 Å². The van der Waals surface area contributed by atoms with Crippen molar-refractivity contribution in [3.05, 3.63) is 34.9 Å². The van der Waals surface area contributed by atoms with Gasteiger partial charge in [0.15, 0.2) is 0 Å². The number of nitrogens with zero attached hydrogens (tertiary/aromatic N) is 2. The first kappa shape index (κ1) is 9.67. The van der Waals surface area contributed by atoms with Crippen LogP contribution in [0.25, 0.3) is 10.9 Å². The van der Waals surface area contributed by atoms with Gasteiger partial charge in [0.2, 0.25) is 0 Å². The number of fused-ring (bicyclic) bond motifs is 1. The monoisotopic (exact) mass is 205 g/mol. The number of rotatable bonds is 1. The molecule has 5 nitrogen and oxygen atoms in total. The van der Waals surface area contributed by atoms with E-state index in [1.165, 1.54) is 23.0 Å². The molecule has 3 N–H and O–H groups in total. The third kappa shape index (κ3) is 1.57. The third-order valence-electron chi connectivity index (χ3n) is 2.21. The molecule has 5 heteroatoms. The van der Waals surface area contributed by atoms with Crippen LogP contribution in [-0.4, -0.2) is 14.7 Å². The number of benzene rings is 1. The summed E-state index contributed by atoms with van der Waals surface area (Å²) in [6, 6.07) is 4.48. The Morgan fingerprint density at radius 1 is 1.53 bits per heavy atom. The molecule has 0 fully saturated rings. The Balaban J connectivity index is 2.83. The molecule has 1 aromatic carbocycles. The van der Waals surface area contributed by atoms with Crippen LogP contribution >= 0.6 is 0 Å². The van der Waals surface area contributed by atoms with Crippen molar-refractivity contribution in [3.8, 4) is 5.75 Å². The second-order valence-corrected chi connectivity index (χ2v) is 3.40. The third-order valence-corrected chi connectivity index (χ3v) is 2.21. The molecule has 1 heterocycles. The van der Waals surface area contributed by atoms with Gasteiger partial charge in [0.1, 0.15) is 5.75 Å². The SMILES string of the molecule is CC(N)n1cnc2ccc(O)cc2c1=O. The van der Waals surface area contributed by atoms with Crippen LogP contribution in [0.2, 0.25) is 0 Å². The summed E-state index contributed by atoms with van der Waals surface area (Å²) in [5.41, 5.74) is 5.91. The van der Waals surface area contributed by atoms with Gasteiger partial charge in [-0.05, 0) is 25.1 Å². The van der Waals surface area contributed by atoms with Crippen molar-refractivity contribution in [2.75, 3.05) is 0 Å². The molecule has 1 atom stereocenters. The fourth-order valence-electron chi connectivity index (χ4n) is 1.41. The molecular formula is C10H11N3O2. The predicted molar refractivity (Wildman–Crippen MR) is 56.6 cm³/mol. The Kier molecular flexibility index (Phi) is 2.17. The van der Waals surface area contributed by atoms with E-state index in [0.29, 0.717) is 10.9 Å². The summed E-state index contributed by atoms with van der Waals surface area (Å²) in [4.78, 5) is 15.9. The predicted octanol–water partition coefficient (Wildman–Crippen LogP) is 0.579. The smallest absolute Gasteiger partial charge is 0.262 e. The maximum absolute atomic E-state index is 11.9. The Bertz CT molecular complexity index is 560. The molecule has 78 valence electrons. The maximum Gasteiger partial charge on any atom is 0.262 e. The average Bonchev–Trinajstić information content (AvgIpc) is 2.19. The first-order valence-corrected chi connectivity index (χ1v) is 4.55. The molecular weight excluding hydrogens is 194 g/mol. The van der Waals surface area contributed by atoms with E-state index in [2.05, 4.69) is 4.98 Å². The van der Waals surface area contributed by atoms with Gasteiger partial charge in [-0.3, -0.25) is 9.36 Å². The average molecular weight is 205 g/mol. The molecule has 1 unspecified atom stereocenters. The molecule has 2 aromatic rings. The number of aromatic nitrogens is 2. The van der Waals surface area contributed by atoms with Crippen molar-refractivity contribution in [3.63, 3.8) is 0 Å². The van der Waals surface area contributed by atoms with Gasteiger partial charge in [0.05, 0.1) is 23.4 Å². The molecule has 0 spiro atoms. The molecule has 1 aromatic heterocycles. The number of hydrogen-bond donors (Lipinski definition) is 2. The highest BCUT2D eigenvalue weighted by Crippen LogP contribution is 2.14. The molecule has 0 aliphatic carbocycles. The number of aromatic hydroxyl groups is 1. The van der Waals surface area contributed by atoms with Crippen molar-refractivity contribution < 1.29 is 5.11 Å². The summed E-state index contributed by atoms with van der Waals surface area (Å²) in [5.74, 6) is 0.0452. The molecule has 2 rings (SSSR count). The zero-order chi connectivity index (χ0) is 11.0. The van der Waals surface area contributed by atoms with E-state index in [0.717, 1.165) is 0 Å². The van der Waals surface area contributed by atoms with Gasteiger partial charge in [-0.15, -0.1) is 0 Å². The zero-order valence-corrected chi connectivity index (χ0v) is 8.21. The van der Waals surface area contributed by atoms with Crippen molar-refractivity contribution in [2.24, 2.45) is 5.73 Å². The molecule has 0 aliphatic heterocycles. The summed E-state index contributed by atoms with van der Waals surface area (Å²) in [6.45, 7) is 1.69. The van der Waals surface area contributed by atoms with E-state index in [1.807, 2.05) is 0 Å². The topological polar surface area (TPSA) is 81.1 Å². The van der Waals surface area contributed by atoms with Crippen LogP contribution < -0.4 is 11.3 Å². The summed E-state index contributed by atoms with van der Waals surface area (Å²) in [7, 11) is 0. The van der Waals surface area contributed by atoms with Gasteiger partial charge in [-0.2, -0.15) is 0 Å². The van der Waals surface area contributed by atoms with Crippen LogP contribution in [0.3, 0.4) is 0 Å². The van der Waals surface area contributed by atoms with Crippen LogP contribution in [0.1, 0.15) is 13.1 Å². The minimum absolute atomic E-state index is 0.0452. The molecule has 0 saturated heterocycles. The van der Waals surface area contributed by atoms with Crippen molar-refractivity contribution >= 4 is 10.9 Å². The Morgan fingerprint density at radius 3 is 2.93 bits per heavy atom. The lowest BCUT2D eigenvalue weighted by atomic mass is 10.2. The maximum atomic E-state index is 11.9. The zero-order valence-electron chi connectivity index (χ0n) is 8.21. The molecule has 0 amide bonds. The van der Waals surface area contributed by atoms with E-state index >= 15 is 0 Å². The standard InChI is InChI=1S/C10H11N3O2/c1-6(11)13-5-12-9-3-2-7(14)4-8(9)10(13)15/h2-6,14H,11H2,1H3. The number of phenolic OH excluding ortho intramolecular Hbond substituents is 1. The normalized spacial score (nSPS) is 12.9. The second-order valence-electron chi connectivity index (χ2n) is 3.40. The first-order chi connectivity index (χ1) is 7.09. The Labute approximate surface area is 85.8 Å². The van der Waals surface area contributed by atoms with Gasteiger partial charge in [-0.25, -0.2) is 4.98 Å². The minimum atomic E-state index is -0.434. The van der Waals surface area contributed by atoms with E-state index in [4.69, 9.17) is 5.73 Å². The van der Waals surface area contributed by atoms with Gasteiger partial charge in [-0.1, -0.05) is 0 Å². The van der Waals surface area contributed by atoms with E-state index in [-0.39, 0.29) is 11.3 Å². The summed E-state index contributed by atoms with van der Waals surface area (Å²) >= 11 is 0. The van der Waals surface area contributed by atoms with Crippen molar-refractivity contribution in [1.82, 2.24) is 9.55 Å². The van der Waals surface area contributed by atoms with Crippen molar-refractivity contribution in [2.45, 2.75) is 13.1 Å². The van der Waals surface area contributed by atoms with Crippen molar-refractivity contribution in [1.29, 1.82) is 0 Å². The molecule has 0 bridgehead atoms. The number of phenols is 1. The number of nitrogens with two attached hydrogens (primary N) is 1. The van der Waals surface area contributed by atoms with E-state index in [1.54, 1.807) is 13.0 Å². The molecule has 15 heavy (non-hydrogen) atoms. The van der Waals surface area contributed by atoms with Crippen LogP contribution in [-0.2, 0) is 0 Å². The highest BCUT2D eigenvalue weighted by Gasteiger charge is 2.06. The lowest BCUT2D eigenvalue weighted by Gasteiger charge is -2.09. The largest absolute Gasteiger partial charge is 0.508 e. The van der Waals surface area contributed by atoms with E-state index < -0.39 is 6.17 Å². The van der Waals surface area contributed by atoms with Crippen LogP contribution in [0.15, 0.2) is 29.3 Å². The van der Waals surface area contributed by atoms with Gasteiger partial charge >= 0.3 is 0 Å². The second kappa shape index (κ2) is 3.36. The lowest BCUT2D eigenvalue weighted by molar-refractivity contribution is 0.476. The van der Waals surface area contributed by atoms with E-state index in [9.17, 15) is 9.90 Å². The Morgan fingerprint density at radius 2 is 2.27 bits per heavy atom. The summed E-state index contributed by atoms with van der Waals surface area (Å²) in [5, 5.41) is 9.65. The van der Waals surface area contributed by atoms with Crippen LogP contribution in [0.5, 0.6) is 5.75 Å². The molecule has 0 saturated carbocycles.